The van der Waals surface area contributed by atoms with E-state index >= 15 is 0 Å². The molecule has 106 valence electrons. The van der Waals surface area contributed by atoms with E-state index in [-0.39, 0.29) is 25.4 Å². The Bertz CT molecular complexity index is 562. The molecule has 0 saturated carbocycles. The summed E-state index contributed by atoms with van der Waals surface area (Å²) in [6.45, 7) is 1.14. The van der Waals surface area contributed by atoms with E-state index in [1.54, 1.807) is 10.3 Å². The van der Waals surface area contributed by atoms with Crippen molar-refractivity contribution in [3.8, 4) is 0 Å². The summed E-state index contributed by atoms with van der Waals surface area (Å²) in [4.78, 5) is 17.6. The van der Waals surface area contributed by atoms with Gasteiger partial charge in [-0.2, -0.15) is 12.7 Å². The van der Waals surface area contributed by atoms with Crippen LogP contribution in [0, 0.1) is 0 Å². The van der Waals surface area contributed by atoms with Crippen LogP contribution in [0.25, 0.3) is 0 Å². The fraction of sp³-hybridized carbons (Fsp3) is 0.556. The summed E-state index contributed by atoms with van der Waals surface area (Å²) in [6, 6.07) is 0. The first-order valence-electron chi connectivity index (χ1n) is 5.62. The second-order valence-electron chi connectivity index (χ2n) is 4.18. The molecule has 1 saturated heterocycles. The molecule has 0 atom stereocenters. The normalized spacial score (nSPS) is 17.6. The standard InChI is InChI=1S/C9H15N5O3S2/c10-9-12-7(6-18-9)5-8(15)13-1-3-14(4-2-13)19(11,16)17/h6H,1-5H2,(H2,10,12)(H2,11,16,17). The Morgan fingerprint density at radius 3 is 2.47 bits per heavy atom. The number of carbonyl (C=O) groups excluding carboxylic acids is 1. The third kappa shape index (κ3) is 3.62. The Morgan fingerprint density at radius 1 is 1.37 bits per heavy atom. The van der Waals surface area contributed by atoms with Gasteiger partial charge in [-0.1, -0.05) is 0 Å². The number of anilines is 1. The van der Waals surface area contributed by atoms with Crippen LogP contribution in [0.1, 0.15) is 5.69 Å². The van der Waals surface area contributed by atoms with Crippen molar-refractivity contribution in [1.82, 2.24) is 14.2 Å². The van der Waals surface area contributed by atoms with Crippen LogP contribution in [0.4, 0.5) is 5.13 Å². The van der Waals surface area contributed by atoms with E-state index in [0.29, 0.717) is 23.9 Å². The topological polar surface area (TPSA) is 123 Å². The molecule has 1 aliphatic rings. The summed E-state index contributed by atoms with van der Waals surface area (Å²) < 4.78 is 23.4. The van der Waals surface area contributed by atoms with Crippen molar-refractivity contribution in [1.29, 1.82) is 0 Å². The largest absolute Gasteiger partial charge is 0.375 e. The summed E-state index contributed by atoms with van der Waals surface area (Å²) in [5, 5.41) is 7.21. The minimum atomic E-state index is -3.66. The molecule has 4 N–H and O–H groups in total. The molecule has 0 radical (unpaired) electrons. The Hall–Kier alpha value is -1.23. The number of carbonyl (C=O) groups is 1. The second kappa shape index (κ2) is 5.41. The Labute approximate surface area is 115 Å². The van der Waals surface area contributed by atoms with Gasteiger partial charge in [0, 0.05) is 31.6 Å². The summed E-state index contributed by atoms with van der Waals surface area (Å²) in [5.41, 5.74) is 6.13. The van der Waals surface area contributed by atoms with E-state index in [0.717, 1.165) is 4.31 Å². The number of nitrogens with zero attached hydrogens (tertiary/aromatic N) is 3. The maximum absolute atomic E-state index is 12.0. The van der Waals surface area contributed by atoms with Crippen molar-refractivity contribution in [3.05, 3.63) is 11.1 Å². The van der Waals surface area contributed by atoms with Crippen molar-refractivity contribution in [3.63, 3.8) is 0 Å². The van der Waals surface area contributed by atoms with Crippen molar-refractivity contribution >= 4 is 32.6 Å². The lowest BCUT2D eigenvalue weighted by Gasteiger charge is -2.32. The summed E-state index contributed by atoms with van der Waals surface area (Å²) in [5.74, 6) is -0.0839. The number of hydrogen-bond acceptors (Lipinski definition) is 6. The lowest BCUT2D eigenvalue weighted by atomic mass is 10.2. The monoisotopic (exact) mass is 305 g/mol. The van der Waals surface area contributed by atoms with Crippen LogP contribution < -0.4 is 10.9 Å². The highest BCUT2D eigenvalue weighted by molar-refractivity contribution is 7.86. The molecule has 2 heterocycles. The van der Waals surface area contributed by atoms with Gasteiger partial charge in [-0.15, -0.1) is 11.3 Å². The van der Waals surface area contributed by atoms with Crippen LogP contribution in [-0.2, 0) is 21.4 Å². The van der Waals surface area contributed by atoms with E-state index in [9.17, 15) is 13.2 Å². The van der Waals surface area contributed by atoms with Crippen LogP contribution >= 0.6 is 11.3 Å². The first kappa shape index (κ1) is 14.2. The number of rotatable bonds is 3. The van der Waals surface area contributed by atoms with Gasteiger partial charge >= 0.3 is 0 Å². The number of nitrogens with two attached hydrogens (primary N) is 2. The zero-order valence-electron chi connectivity index (χ0n) is 10.2. The molecule has 0 spiro atoms. The fourth-order valence-electron chi connectivity index (χ4n) is 1.86. The van der Waals surface area contributed by atoms with Gasteiger partial charge in [-0.05, 0) is 0 Å². The number of hydrogen-bond donors (Lipinski definition) is 2. The van der Waals surface area contributed by atoms with Gasteiger partial charge in [0.2, 0.25) is 5.91 Å². The number of piperazine rings is 1. The van der Waals surface area contributed by atoms with Crippen LogP contribution in [0.5, 0.6) is 0 Å². The van der Waals surface area contributed by atoms with Crippen molar-refractivity contribution < 1.29 is 13.2 Å². The fourth-order valence-corrected chi connectivity index (χ4v) is 3.10. The molecule has 19 heavy (non-hydrogen) atoms. The molecule has 0 unspecified atom stereocenters. The van der Waals surface area contributed by atoms with Gasteiger partial charge in [0.05, 0.1) is 12.1 Å². The number of thiazole rings is 1. The number of amides is 1. The van der Waals surface area contributed by atoms with Crippen LogP contribution in [0.3, 0.4) is 0 Å². The zero-order chi connectivity index (χ0) is 14.0. The molecule has 0 aromatic carbocycles. The molecular formula is C9H15N5O3S2. The third-order valence-corrected chi connectivity index (χ3v) is 4.66. The highest BCUT2D eigenvalue weighted by Crippen LogP contribution is 2.13. The Balaban J connectivity index is 1.89. The van der Waals surface area contributed by atoms with E-state index in [1.807, 2.05) is 0 Å². The molecule has 1 fully saturated rings. The molecule has 8 nitrogen and oxygen atoms in total. The minimum absolute atomic E-state index is 0.0839. The minimum Gasteiger partial charge on any atom is -0.375 e. The van der Waals surface area contributed by atoms with Gasteiger partial charge in [0.15, 0.2) is 5.13 Å². The van der Waals surface area contributed by atoms with Gasteiger partial charge in [-0.25, -0.2) is 10.1 Å². The average Bonchev–Trinajstić information content (AvgIpc) is 2.74. The lowest BCUT2D eigenvalue weighted by Crippen LogP contribution is -2.52. The van der Waals surface area contributed by atoms with E-state index < -0.39 is 10.2 Å². The highest BCUT2D eigenvalue weighted by atomic mass is 32.2. The molecule has 1 aliphatic heterocycles. The van der Waals surface area contributed by atoms with Gasteiger partial charge in [-0.3, -0.25) is 4.79 Å². The molecule has 2 rings (SSSR count). The van der Waals surface area contributed by atoms with E-state index in [1.165, 1.54) is 11.3 Å². The number of aromatic nitrogens is 1. The average molecular weight is 305 g/mol. The molecular weight excluding hydrogens is 290 g/mol. The lowest BCUT2D eigenvalue weighted by molar-refractivity contribution is -0.131. The third-order valence-electron chi connectivity index (χ3n) is 2.85. The zero-order valence-corrected chi connectivity index (χ0v) is 11.8. The summed E-state index contributed by atoms with van der Waals surface area (Å²) >= 11 is 1.29. The number of nitrogen functional groups attached to an aromatic ring is 1. The highest BCUT2D eigenvalue weighted by Gasteiger charge is 2.26. The second-order valence-corrected chi connectivity index (χ2v) is 6.61. The first-order chi connectivity index (χ1) is 8.86. The smallest absolute Gasteiger partial charge is 0.277 e. The molecule has 0 aliphatic carbocycles. The SMILES string of the molecule is Nc1nc(CC(=O)N2CCN(S(N)(=O)=O)CC2)cs1. The van der Waals surface area contributed by atoms with Crippen molar-refractivity contribution in [2.75, 3.05) is 31.9 Å². The molecule has 1 aromatic heterocycles. The maximum Gasteiger partial charge on any atom is 0.277 e. The molecule has 1 aromatic rings. The van der Waals surface area contributed by atoms with Crippen molar-refractivity contribution in [2.45, 2.75) is 6.42 Å². The van der Waals surface area contributed by atoms with Crippen molar-refractivity contribution in [2.24, 2.45) is 5.14 Å². The van der Waals surface area contributed by atoms with Gasteiger partial charge in [0.1, 0.15) is 0 Å². The molecule has 0 bridgehead atoms. The van der Waals surface area contributed by atoms with Crippen LogP contribution in [0.2, 0.25) is 0 Å². The van der Waals surface area contributed by atoms with Crippen LogP contribution in [-0.4, -0.2) is 54.7 Å². The summed E-state index contributed by atoms with van der Waals surface area (Å²) in [6.07, 6.45) is 0.184. The Kier molecular flexibility index (Phi) is 4.04. The summed E-state index contributed by atoms with van der Waals surface area (Å²) in [7, 11) is -3.66. The molecule has 1 amide bonds. The predicted molar refractivity (Wildman–Crippen MR) is 71.5 cm³/mol. The predicted octanol–water partition coefficient (Wildman–Crippen LogP) is -1.38. The molecule has 10 heteroatoms. The van der Waals surface area contributed by atoms with Gasteiger partial charge in [0.25, 0.3) is 10.2 Å². The Morgan fingerprint density at radius 2 is 2.00 bits per heavy atom. The van der Waals surface area contributed by atoms with E-state index in [2.05, 4.69) is 4.98 Å². The van der Waals surface area contributed by atoms with E-state index in [4.69, 9.17) is 10.9 Å². The first-order valence-corrected chi connectivity index (χ1v) is 8.00. The maximum atomic E-state index is 12.0. The quantitative estimate of drug-likeness (QED) is 0.712. The van der Waals surface area contributed by atoms with Gasteiger partial charge < -0.3 is 10.6 Å². The van der Waals surface area contributed by atoms with Crippen LogP contribution in [0.15, 0.2) is 5.38 Å².